The molecule has 7 nitrogen and oxygen atoms in total. The van der Waals surface area contributed by atoms with Gasteiger partial charge in [0.25, 0.3) is 5.91 Å². The number of aryl methyl sites for hydroxylation is 1. The summed E-state index contributed by atoms with van der Waals surface area (Å²) in [7, 11) is 0. The summed E-state index contributed by atoms with van der Waals surface area (Å²) in [5.74, 6) is -0.568. The van der Waals surface area contributed by atoms with Gasteiger partial charge in [0.05, 0.1) is 10.9 Å². The molecule has 0 bridgehead atoms. The van der Waals surface area contributed by atoms with Crippen LogP contribution in [0.3, 0.4) is 0 Å². The standard InChI is InChI=1S/C27H24BrClN2O5/c1-16-3-7-20(8-4-16)36-21-9-5-19(6-10-21)31-14-18(13-25(31)33)27(34)35-15-24(32)30-23-12-11-22(28)26(29)17(23)2/h3-12,18H,13-15H2,1-2H3,(H,30,32)/t18-/m0/s1. The molecule has 1 atom stereocenters. The van der Waals surface area contributed by atoms with Gasteiger partial charge in [-0.3, -0.25) is 14.4 Å². The van der Waals surface area contributed by atoms with Crippen LogP contribution in [0.5, 0.6) is 11.5 Å². The van der Waals surface area contributed by atoms with Gasteiger partial charge in [0.15, 0.2) is 6.61 Å². The molecule has 1 heterocycles. The van der Waals surface area contributed by atoms with E-state index in [0.29, 0.717) is 27.7 Å². The summed E-state index contributed by atoms with van der Waals surface area (Å²) in [5.41, 5.74) is 3.02. The van der Waals surface area contributed by atoms with Crippen molar-refractivity contribution >= 4 is 56.7 Å². The van der Waals surface area contributed by atoms with Crippen LogP contribution in [-0.2, 0) is 19.1 Å². The summed E-state index contributed by atoms with van der Waals surface area (Å²) in [5, 5.41) is 3.17. The van der Waals surface area contributed by atoms with E-state index in [1.165, 1.54) is 4.90 Å². The summed E-state index contributed by atoms with van der Waals surface area (Å²) < 4.78 is 11.7. The minimum absolute atomic E-state index is 0.0174. The van der Waals surface area contributed by atoms with Gasteiger partial charge in [0.1, 0.15) is 11.5 Å². The molecule has 0 aliphatic carbocycles. The first-order valence-electron chi connectivity index (χ1n) is 11.3. The fraction of sp³-hybridized carbons (Fsp3) is 0.222. The Hall–Kier alpha value is -3.36. The maximum absolute atomic E-state index is 12.6. The molecule has 3 aromatic rings. The molecule has 2 amide bonds. The Bertz CT molecular complexity index is 1290. The highest BCUT2D eigenvalue weighted by molar-refractivity contribution is 9.10. The average Bonchev–Trinajstić information content (AvgIpc) is 3.26. The third-order valence-corrected chi connectivity index (χ3v) is 7.20. The molecule has 36 heavy (non-hydrogen) atoms. The number of hydrogen-bond acceptors (Lipinski definition) is 5. The zero-order valence-corrected chi connectivity index (χ0v) is 22.1. The smallest absolute Gasteiger partial charge is 0.311 e. The minimum atomic E-state index is -0.655. The van der Waals surface area contributed by atoms with Crippen LogP contribution in [0, 0.1) is 19.8 Å². The molecule has 0 radical (unpaired) electrons. The molecule has 1 fully saturated rings. The van der Waals surface area contributed by atoms with Crippen molar-refractivity contribution in [3.63, 3.8) is 0 Å². The van der Waals surface area contributed by atoms with Gasteiger partial charge < -0.3 is 19.7 Å². The number of carbonyl (C=O) groups is 3. The number of benzene rings is 3. The first-order chi connectivity index (χ1) is 17.2. The second-order valence-electron chi connectivity index (χ2n) is 8.50. The fourth-order valence-corrected chi connectivity index (χ4v) is 4.37. The van der Waals surface area contributed by atoms with Crippen molar-refractivity contribution in [2.24, 2.45) is 5.92 Å². The summed E-state index contributed by atoms with van der Waals surface area (Å²) in [6.07, 6.45) is 0.0174. The van der Waals surface area contributed by atoms with E-state index in [9.17, 15) is 14.4 Å². The number of hydrogen-bond donors (Lipinski definition) is 1. The van der Waals surface area contributed by atoms with Crippen molar-refractivity contribution in [1.82, 2.24) is 0 Å². The van der Waals surface area contributed by atoms with Gasteiger partial charge in [-0.15, -0.1) is 0 Å². The number of ether oxygens (including phenoxy) is 2. The van der Waals surface area contributed by atoms with Gasteiger partial charge in [-0.2, -0.15) is 0 Å². The summed E-state index contributed by atoms with van der Waals surface area (Å²) >= 11 is 9.51. The van der Waals surface area contributed by atoms with Crippen LogP contribution in [0.25, 0.3) is 0 Å². The monoisotopic (exact) mass is 570 g/mol. The van der Waals surface area contributed by atoms with Gasteiger partial charge in [-0.25, -0.2) is 0 Å². The highest BCUT2D eigenvalue weighted by Gasteiger charge is 2.36. The number of esters is 1. The summed E-state index contributed by atoms with van der Waals surface area (Å²) in [6, 6.07) is 18.2. The number of anilines is 2. The zero-order chi connectivity index (χ0) is 25.8. The van der Waals surface area contributed by atoms with Crippen molar-refractivity contribution < 1.29 is 23.9 Å². The van der Waals surface area contributed by atoms with Crippen molar-refractivity contribution in [3.8, 4) is 11.5 Å². The third-order valence-electron chi connectivity index (χ3n) is 5.82. The van der Waals surface area contributed by atoms with Gasteiger partial charge >= 0.3 is 5.97 Å². The van der Waals surface area contributed by atoms with E-state index in [-0.39, 0.29) is 18.9 Å². The SMILES string of the molecule is Cc1ccc(Oc2ccc(N3C[C@@H](C(=O)OCC(=O)Nc4ccc(Br)c(Cl)c4C)CC3=O)cc2)cc1. The Balaban J connectivity index is 1.30. The molecule has 0 unspecified atom stereocenters. The average molecular weight is 572 g/mol. The van der Waals surface area contributed by atoms with Gasteiger partial charge in [-0.1, -0.05) is 29.3 Å². The van der Waals surface area contributed by atoms with Crippen LogP contribution < -0.4 is 15.0 Å². The number of nitrogens with one attached hydrogen (secondary N) is 1. The van der Waals surface area contributed by atoms with E-state index < -0.39 is 24.4 Å². The molecule has 9 heteroatoms. The predicted molar refractivity (Wildman–Crippen MR) is 142 cm³/mol. The number of amides is 2. The van der Waals surface area contributed by atoms with Crippen LogP contribution in [0.15, 0.2) is 65.1 Å². The number of nitrogens with zero attached hydrogens (tertiary/aromatic N) is 1. The maximum atomic E-state index is 12.6. The van der Waals surface area contributed by atoms with Crippen molar-refractivity contribution in [2.75, 3.05) is 23.4 Å². The lowest BCUT2D eigenvalue weighted by molar-refractivity contribution is -0.151. The van der Waals surface area contributed by atoms with Crippen LogP contribution in [0.1, 0.15) is 17.5 Å². The Morgan fingerprint density at radius 1 is 1.03 bits per heavy atom. The molecule has 186 valence electrons. The lowest BCUT2D eigenvalue weighted by atomic mass is 10.1. The van der Waals surface area contributed by atoms with Crippen molar-refractivity contribution in [1.29, 1.82) is 0 Å². The predicted octanol–water partition coefficient (Wildman–Crippen LogP) is 6.05. The molecule has 0 spiro atoms. The highest BCUT2D eigenvalue weighted by atomic mass is 79.9. The Morgan fingerprint density at radius 2 is 1.67 bits per heavy atom. The normalized spacial score (nSPS) is 15.1. The van der Waals surface area contributed by atoms with Crippen molar-refractivity contribution in [2.45, 2.75) is 20.3 Å². The number of rotatable bonds is 7. The molecule has 3 aromatic carbocycles. The number of halogens is 2. The maximum Gasteiger partial charge on any atom is 0.311 e. The third kappa shape index (κ3) is 6.06. The summed E-state index contributed by atoms with van der Waals surface area (Å²) in [4.78, 5) is 38.9. The zero-order valence-electron chi connectivity index (χ0n) is 19.7. The second kappa shape index (κ2) is 11.1. The summed E-state index contributed by atoms with van der Waals surface area (Å²) in [6.45, 7) is 3.50. The van der Waals surface area contributed by atoms with Crippen LogP contribution >= 0.6 is 27.5 Å². The molecular formula is C27H24BrClN2O5. The van der Waals surface area contributed by atoms with E-state index in [0.717, 1.165) is 15.8 Å². The van der Waals surface area contributed by atoms with Crippen molar-refractivity contribution in [3.05, 3.63) is 81.3 Å². The first-order valence-corrected chi connectivity index (χ1v) is 12.4. The van der Waals surface area contributed by atoms with Crippen LogP contribution in [-0.4, -0.2) is 30.9 Å². The van der Waals surface area contributed by atoms with Gasteiger partial charge in [-0.05, 0) is 83.9 Å². The van der Waals surface area contributed by atoms with Gasteiger partial charge in [0.2, 0.25) is 5.91 Å². The highest BCUT2D eigenvalue weighted by Crippen LogP contribution is 2.31. The molecule has 1 aliphatic rings. The lowest BCUT2D eigenvalue weighted by Gasteiger charge is -2.17. The molecule has 1 aliphatic heterocycles. The van der Waals surface area contributed by atoms with E-state index in [1.54, 1.807) is 43.3 Å². The number of carbonyl (C=O) groups excluding carboxylic acids is 3. The Kier molecular flexibility index (Phi) is 7.96. The first kappa shape index (κ1) is 25.7. The lowest BCUT2D eigenvalue weighted by Crippen LogP contribution is -2.28. The van der Waals surface area contributed by atoms with Gasteiger partial charge in [0, 0.05) is 28.8 Å². The molecule has 1 N–H and O–H groups in total. The quantitative estimate of drug-likeness (QED) is 0.349. The topological polar surface area (TPSA) is 84.9 Å². The largest absolute Gasteiger partial charge is 0.457 e. The second-order valence-corrected chi connectivity index (χ2v) is 9.74. The fourth-order valence-electron chi connectivity index (χ4n) is 3.78. The minimum Gasteiger partial charge on any atom is -0.457 e. The molecule has 4 rings (SSSR count). The van der Waals surface area contributed by atoms with Crippen LogP contribution in [0.2, 0.25) is 5.02 Å². The van der Waals surface area contributed by atoms with E-state index in [4.69, 9.17) is 21.1 Å². The Labute approximate surface area is 222 Å². The van der Waals surface area contributed by atoms with E-state index in [1.807, 2.05) is 31.2 Å². The van der Waals surface area contributed by atoms with Crippen LogP contribution in [0.4, 0.5) is 11.4 Å². The van der Waals surface area contributed by atoms with E-state index >= 15 is 0 Å². The molecule has 0 saturated carbocycles. The molecular weight excluding hydrogens is 548 g/mol. The Morgan fingerprint density at radius 3 is 2.33 bits per heavy atom. The molecule has 0 aromatic heterocycles. The van der Waals surface area contributed by atoms with E-state index in [2.05, 4.69) is 21.2 Å². The molecule has 1 saturated heterocycles.